The lowest BCUT2D eigenvalue weighted by Gasteiger charge is -2.29. The molecule has 2 rings (SSSR count). The van der Waals surface area contributed by atoms with E-state index in [9.17, 15) is 0 Å². The highest BCUT2D eigenvalue weighted by Gasteiger charge is 2.24. The molecule has 0 aromatic carbocycles. The average Bonchev–Trinajstić information content (AvgIpc) is 2.90. The molecule has 0 saturated heterocycles. The van der Waals surface area contributed by atoms with Crippen LogP contribution in [0.15, 0.2) is 6.07 Å². The number of aromatic nitrogens is 2. The van der Waals surface area contributed by atoms with Crippen LogP contribution in [0, 0.1) is 12.8 Å². The third kappa shape index (κ3) is 4.95. The maximum absolute atomic E-state index is 4.68. The predicted octanol–water partition coefficient (Wildman–Crippen LogP) is 3.62. The van der Waals surface area contributed by atoms with Crippen LogP contribution in [-0.4, -0.2) is 34.0 Å². The summed E-state index contributed by atoms with van der Waals surface area (Å²) in [6.45, 7) is 11.6. The highest BCUT2D eigenvalue weighted by molar-refractivity contribution is 5.35. The van der Waals surface area contributed by atoms with E-state index >= 15 is 0 Å². The van der Waals surface area contributed by atoms with Gasteiger partial charge in [0.15, 0.2) is 0 Å². The number of aryl methyl sites for hydroxylation is 1. The van der Waals surface area contributed by atoms with Crippen molar-refractivity contribution in [2.24, 2.45) is 5.92 Å². The van der Waals surface area contributed by atoms with Gasteiger partial charge in [0.1, 0.15) is 11.6 Å². The van der Waals surface area contributed by atoms with Gasteiger partial charge in [-0.15, -0.1) is 0 Å². The minimum atomic E-state index is 0.684. The van der Waals surface area contributed by atoms with Gasteiger partial charge in [-0.25, -0.2) is 9.97 Å². The van der Waals surface area contributed by atoms with Crippen LogP contribution >= 0.6 is 0 Å². The maximum Gasteiger partial charge on any atom is 0.144 e. The van der Waals surface area contributed by atoms with E-state index in [0.717, 1.165) is 43.0 Å². The maximum atomic E-state index is 4.68. The Morgan fingerprint density at radius 2 is 2.00 bits per heavy atom. The lowest BCUT2D eigenvalue weighted by Crippen LogP contribution is -2.36. The first-order valence-electron chi connectivity index (χ1n) is 8.41. The van der Waals surface area contributed by atoms with Gasteiger partial charge in [-0.2, -0.15) is 0 Å². The third-order valence-electron chi connectivity index (χ3n) is 4.04. The van der Waals surface area contributed by atoms with Crippen molar-refractivity contribution in [3.63, 3.8) is 0 Å². The lowest BCUT2D eigenvalue weighted by molar-refractivity contribution is 0.164. The molecule has 0 bridgehead atoms. The van der Waals surface area contributed by atoms with Gasteiger partial charge >= 0.3 is 0 Å². The number of anilines is 1. The summed E-state index contributed by atoms with van der Waals surface area (Å²) >= 11 is 0. The molecule has 21 heavy (non-hydrogen) atoms. The van der Waals surface area contributed by atoms with E-state index in [1.165, 1.54) is 25.7 Å². The molecule has 1 aliphatic rings. The van der Waals surface area contributed by atoms with Gasteiger partial charge in [0.25, 0.3) is 0 Å². The van der Waals surface area contributed by atoms with Crippen LogP contribution in [0.2, 0.25) is 0 Å². The zero-order chi connectivity index (χ0) is 15.2. The molecule has 1 saturated carbocycles. The number of hydrogen-bond donors (Lipinski definition) is 1. The fraction of sp³-hybridized carbons (Fsp3) is 0.765. The van der Waals surface area contributed by atoms with Crippen LogP contribution in [0.1, 0.15) is 58.0 Å². The monoisotopic (exact) mass is 290 g/mol. The minimum absolute atomic E-state index is 0.684. The van der Waals surface area contributed by atoms with E-state index in [1.807, 2.05) is 13.0 Å². The highest BCUT2D eigenvalue weighted by atomic mass is 15.2. The van der Waals surface area contributed by atoms with E-state index in [4.69, 9.17) is 0 Å². The van der Waals surface area contributed by atoms with Crippen LogP contribution in [0.25, 0.3) is 0 Å². The average molecular weight is 290 g/mol. The SMILES string of the molecule is CCNc1cc(C)nc(CN(CC(C)C)C2CCCC2)n1. The molecule has 0 radical (unpaired) electrons. The first-order chi connectivity index (χ1) is 10.1. The molecule has 1 aromatic rings. The fourth-order valence-electron chi connectivity index (χ4n) is 3.24. The van der Waals surface area contributed by atoms with Gasteiger partial charge in [-0.3, -0.25) is 4.90 Å². The molecule has 118 valence electrons. The Labute approximate surface area is 129 Å². The van der Waals surface area contributed by atoms with E-state index in [2.05, 4.69) is 41.0 Å². The second-order valence-corrected chi connectivity index (χ2v) is 6.60. The summed E-state index contributed by atoms with van der Waals surface area (Å²) in [6.07, 6.45) is 5.41. The summed E-state index contributed by atoms with van der Waals surface area (Å²) in [5.41, 5.74) is 1.05. The van der Waals surface area contributed by atoms with Crippen molar-refractivity contribution >= 4 is 5.82 Å². The van der Waals surface area contributed by atoms with Gasteiger partial charge in [0, 0.05) is 30.9 Å². The zero-order valence-corrected chi connectivity index (χ0v) is 14.0. The van der Waals surface area contributed by atoms with Crippen molar-refractivity contribution in [1.29, 1.82) is 0 Å². The summed E-state index contributed by atoms with van der Waals surface area (Å²) in [4.78, 5) is 11.9. The van der Waals surface area contributed by atoms with Gasteiger partial charge in [-0.1, -0.05) is 26.7 Å². The van der Waals surface area contributed by atoms with E-state index in [0.29, 0.717) is 5.92 Å². The molecule has 4 heteroatoms. The molecule has 1 fully saturated rings. The van der Waals surface area contributed by atoms with Crippen molar-refractivity contribution in [2.45, 2.75) is 66.0 Å². The fourth-order valence-corrected chi connectivity index (χ4v) is 3.24. The predicted molar refractivity (Wildman–Crippen MR) is 88.4 cm³/mol. The van der Waals surface area contributed by atoms with Crippen molar-refractivity contribution < 1.29 is 0 Å². The molecule has 1 aromatic heterocycles. The molecule has 0 atom stereocenters. The molecule has 0 unspecified atom stereocenters. The van der Waals surface area contributed by atoms with Crippen molar-refractivity contribution in [3.8, 4) is 0 Å². The molecular weight excluding hydrogens is 260 g/mol. The number of nitrogens with zero attached hydrogens (tertiary/aromatic N) is 3. The standard InChI is InChI=1S/C17H30N4/c1-5-18-16-10-14(4)19-17(20-16)12-21(11-13(2)3)15-8-6-7-9-15/h10,13,15H,5-9,11-12H2,1-4H3,(H,18,19,20). The Morgan fingerprint density at radius 3 is 2.62 bits per heavy atom. The molecular formula is C17H30N4. The number of nitrogens with one attached hydrogen (secondary N) is 1. The molecule has 0 aliphatic heterocycles. The Hall–Kier alpha value is -1.16. The Kier molecular flexibility index (Phi) is 5.97. The van der Waals surface area contributed by atoms with E-state index in [-0.39, 0.29) is 0 Å². The second-order valence-electron chi connectivity index (χ2n) is 6.60. The minimum Gasteiger partial charge on any atom is -0.370 e. The Morgan fingerprint density at radius 1 is 1.29 bits per heavy atom. The Balaban J connectivity index is 2.11. The van der Waals surface area contributed by atoms with Crippen LogP contribution in [0.3, 0.4) is 0 Å². The quantitative estimate of drug-likeness (QED) is 0.833. The van der Waals surface area contributed by atoms with Gasteiger partial charge in [-0.05, 0) is 32.6 Å². The Bertz CT molecular complexity index is 438. The summed E-state index contributed by atoms with van der Waals surface area (Å²) in [7, 11) is 0. The van der Waals surface area contributed by atoms with Crippen molar-refractivity contribution in [2.75, 3.05) is 18.4 Å². The first-order valence-corrected chi connectivity index (χ1v) is 8.41. The second kappa shape index (κ2) is 7.74. The summed E-state index contributed by atoms with van der Waals surface area (Å²) in [5, 5.41) is 3.30. The summed E-state index contributed by atoms with van der Waals surface area (Å²) < 4.78 is 0. The van der Waals surface area contributed by atoms with Crippen LogP contribution in [-0.2, 0) is 6.54 Å². The first kappa shape index (κ1) is 16.2. The van der Waals surface area contributed by atoms with E-state index in [1.54, 1.807) is 0 Å². The third-order valence-corrected chi connectivity index (χ3v) is 4.04. The van der Waals surface area contributed by atoms with Gasteiger partial charge in [0.2, 0.25) is 0 Å². The van der Waals surface area contributed by atoms with Gasteiger partial charge < -0.3 is 5.32 Å². The topological polar surface area (TPSA) is 41.1 Å². The molecule has 0 amide bonds. The number of rotatable bonds is 7. The van der Waals surface area contributed by atoms with Crippen LogP contribution < -0.4 is 5.32 Å². The number of hydrogen-bond acceptors (Lipinski definition) is 4. The van der Waals surface area contributed by atoms with Crippen molar-refractivity contribution in [3.05, 3.63) is 17.6 Å². The smallest absolute Gasteiger partial charge is 0.144 e. The molecule has 1 N–H and O–H groups in total. The van der Waals surface area contributed by atoms with Gasteiger partial charge in [0.05, 0.1) is 6.54 Å². The highest BCUT2D eigenvalue weighted by Crippen LogP contribution is 2.25. The van der Waals surface area contributed by atoms with Crippen molar-refractivity contribution in [1.82, 2.24) is 14.9 Å². The van der Waals surface area contributed by atoms with E-state index < -0.39 is 0 Å². The van der Waals surface area contributed by atoms with Crippen LogP contribution in [0.5, 0.6) is 0 Å². The molecule has 1 aliphatic carbocycles. The summed E-state index contributed by atoms with van der Waals surface area (Å²) in [6, 6.07) is 2.74. The lowest BCUT2D eigenvalue weighted by atomic mass is 10.1. The molecule has 4 nitrogen and oxygen atoms in total. The normalized spacial score (nSPS) is 16.1. The largest absolute Gasteiger partial charge is 0.370 e. The molecule has 0 spiro atoms. The molecule has 1 heterocycles. The summed E-state index contributed by atoms with van der Waals surface area (Å²) in [5.74, 6) is 2.60. The zero-order valence-electron chi connectivity index (χ0n) is 14.0. The van der Waals surface area contributed by atoms with Crippen LogP contribution in [0.4, 0.5) is 5.82 Å².